The fraction of sp³-hybridized carbons (Fsp3) is 0.417. The molecule has 5 heteroatoms. The van der Waals surface area contributed by atoms with Gasteiger partial charge in [-0.3, -0.25) is 4.79 Å². The monoisotopic (exact) mass is 302 g/mol. The maximum Gasteiger partial charge on any atom is 0.217 e. The van der Waals surface area contributed by atoms with Crippen LogP contribution < -0.4 is 11.1 Å². The van der Waals surface area contributed by atoms with E-state index in [4.69, 9.17) is 5.73 Å². The highest BCUT2D eigenvalue weighted by Crippen LogP contribution is 2.14. The first-order valence-electron chi connectivity index (χ1n) is 5.52. The molecular weight excluding hydrogens is 287 g/mol. The van der Waals surface area contributed by atoms with E-state index in [9.17, 15) is 9.18 Å². The lowest BCUT2D eigenvalue weighted by molar-refractivity contribution is -0.118. The van der Waals surface area contributed by atoms with Crippen LogP contribution >= 0.6 is 15.9 Å². The first-order valence-corrected chi connectivity index (χ1v) is 6.31. The van der Waals surface area contributed by atoms with E-state index in [-0.39, 0.29) is 11.7 Å². The number of hydrogen-bond acceptors (Lipinski definition) is 2. The van der Waals surface area contributed by atoms with Gasteiger partial charge in [-0.1, -0.05) is 15.9 Å². The molecule has 0 aromatic heterocycles. The Kier molecular flexibility index (Phi) is 6.15. The number of amides is 1. The Labute approximate surface area is 109 Å². The summed E-state index contributed by atoms with van der Waals surface area (Å²) in [5.41, 5.74) is 5.92. The van der Waals surface area contributed by atoms with Crippen LogP contribution in [0.25, 0.3) is 0 Å². The predicted molar refractivity (Wildman–Crippen MR) is 68.9 cm³/mol. The molecule has 17 heavy (non-hydrogen) atoms. The second-order valence-electron chi connectivity index (χ2n) is 3.88. The minimum Gasteiger partial charge on any atom is -0.370 e. The van der Waals surface area contributed by atoms with Crippen molar-refractivity contribution in [2.24, 2.45) is 5.73 Å². The second-order valence-corrected chi connectivity index (χ2v) is 4.79. The topological polar surface area (TPSA) is 55.1 Å². The van der Waals surface area contributed by atoms with Gasteiger partial charge in [-0.25, -0.2) is 4.39 Å². The number of benzene rings is 1. The molecule has 0 bridgehead atoms. The van der Waals surface area contributed by atoms with Gasteiger partial charge in [0.05, 0.1) is 0 Å². The summed E-state index contributed by atoms with van der Waals surface area (Å²) in [6, 6.07) is 4.80. The van der Waals surface area contributed by atoms with Crippen LogP contribution in [0, 0.1) is 5.82 Å². The van der Waals surface area contributed by atoms with Gasteiger partial charge in [-0.15, -0.1) is 0 Å². The summed E-state index contributed by atoms with van der Waals surface area (Å²) >= 11 is 3.24. The Morgan fingerprint density at radius 3 is 2.76 bits per heavy atom. The zero-order chi connectivity index (χ0) is 12.7. The summed E-state index contributed by atoms with van der Waals surface area (Å²) in [6.07, 6.45) is 2.10. The molecule has 0 saturated heterocycles. The third-order valence-corrected chi connectivity index (χ3v) is 2.74. The number of halogens is 2. The fourth-order valence-corrected chi connectivity index (χ4v) is 2.01. The first kappa shape index (κ1) is 14.1. The molecule has 0 atom stereocenters. The molecule has 0 aliphatic heterocycles. The van der Waals surface area contributed by atoms with Crippen LogP contribution in [0.5, 0.6) is 0 Å². The average molecular weight is 303 g/mol. The third kappa shape index (κ3) is 6.38. The SMILES string of the molecule is NC(=O)CCCCNCc1cc(F)cc(Br)c1. The van der Waals surface area contributed by atoms with Crippen molar-refractivity contribution in [3.05, 3.63) is 34.1 Å². The summed E-state index contributed by atoms with van der Waals surface area (Å²) in [5, 5.41) is 3.19. The van der Waals surface area contributed by atoms with Crippen molar-refractivity contribution in [1.29, 1.82) is 0 Å². The fourth-order valence-electron chi connectivity index (χ4n) is 1.49. The summed E-state index contributed by atoms with van der Waals surface area (Å²) in [6.45, 7) is 1.41. The van der Waals surface area contributed by atoms with E-state index < -0.39 is 0 Å². The molecule has 0 heterocycles. The lowest BCUT2D eigenvalue weighted by atomic mass is 10.2. The van der Waals surface area contributed by atoms with Crippen LogP contribution in [0.15, 0.2) is 22.7 Å². The molecule has 0 saturated carbocycles. The zero-order valence-electron chi connectivity index (χ0n) is 9.51. The second kappa shape index (κ2) is 7.40. The number of hydrogen-bond donors (Lipinski definition) is 2. The minimum absolute atomic E-state index is 0.245. The number of unbranched alkanes of at least 4 members (excludes halogenated alkanes) is 1. The van der Waals surface area contributed by atoms with Crippen molar-refractivity contribution in [2.45, 2.75) is 25.8 Å². The van der Waals surface area contributed by atoms with Crippen molar-refractivity contribution >= 4 is 21.8 Å². The van der Waals surface area contributed by atoms with E-state index in [0.29, 0.717) is 13.0 Å². The standard InChI is InChI=1S/C12H16BrFN2O/c13-10-5-9(6-11(14)7-10)8-16-4-2-1-3-12(15)17/h5-7,16H,1-4,8H2,(H2,15,17). The van der Waals surface area contributed by atoms with E-state index in [0.717, 1.165) is 29.4 Å². The van der Waals surface area contributed by atoms with Crippen molar-refractivity contribution in [2.75, 3.05) is 6.54 Å². The van der Waals surface area contributed by atoms with Gasteiger partial charge in [0.15, 0.2) is 0 Å². The van der Waals surface area contributed by atoms with Gasteiger partial charge in [0, 0.05) is 17.4 Å². The molecule has 1 rings (SSSR count). The average Bonchev–Trinajstić information content (AvgIpc) is 2.21. The van der Waals surface area contributed by atoms with E-state index in [1.807, 2.05) is 6.07 Å². The number of carbonyl (C=O) groups excluding carboxylic acids is 1. The molecule has 3 N–H and O–H groups in total. The lowest BCUT2D eigenvalue weighted by Crippen LogP contribution is -2.16. The van der Waals surface area contributed by atoms with Crippen molar-refractivity contribution < 1.29 is 9.18 Å². The maximum absolute atomic E-state index is 13.0. The van der Waals surface area contributed by atoms with Gasteiger partial charge < -0.3 is 11.1 Å². The molecule has 1 amide bonds. The minimum atomic E-state index is -0.265. The zero-order valence-corrected chi connectivity index (χ0v) is 11.1. The van der Waals surface area contributed by atoms with Crippen LogP contribution in [0.4, 0.5) is 4.39 Å². The summed E-state index contributed by atoms with van der Waals surface area (Å²) in [5.74, 6) is -0.510. The number of rotatable bonds is 7. The van der Waals surface area contributed by atoms with Crippen LogP contribution in [0.2, 0.25) is 0 Å². The van der Waals surface area contributed by atoms with Crippen molar-refractivity contribution in [3.8, 4) is 0 Å². The van der Waals surface area contributed by atoms with Crippen LogP contribution in [-0.2, 0) is 11.3 Å². The number of nitrogens with one attached hydrogen (secondary N) is 1. The van der Waals surface area contributed by atoms with Crippen LogP contribution in [0.3, 0.4) is 0 Å². The van der Waals surface area contributed by atoms with E-state index in [2.05, 4.69) is 21.2 Å². The summed E-state index contributed by atoms with van der Waals surface area (Å²) in [7, 11) is 0. The predicted octanol–water partition coefficient (Wildman–Crippen LogP) is 2.33. The smallest absolute Gasteiger partial charge is 0.217 e. The van der Waals surface area contributed by atoms with Crippen LogP contribution in [0.1, 0.15) is 24.8 Å². The Morgan fingerprint density at radius 1 is 1.35 bits per heavy atom. The summed E-state index contributed by atoms with van der Waals surface area (Å²) in [4.78, 5) is 10.5. The van der Waals surface area contributed by atoms with Gasteiger partial charge in [-0.2, -0.15) is 0 Å². The van der Waals surface area contributed by atoms with Crippen molar-refractivity contribution in [1.82, 2.24) is 5.32 Å². The highest BCUT2D eigenvalue weighted by atomic mass is 79.9. The van der Waals surface area contributed by atoms with E-state index >= 15 is 0 Å². The quantitative estimate of drug-likeness (QED) is 0.760. The van der Waals surface area contributed by atoms with Gasteiger partial charge in [0.1, 0.15) is 5.82 Å². The summed E-state index contributed by atoms with van der Waals surface area (Å²) < 4.78 is 13.8. The van der Waals surface area contributed by atoms with Gasteiger partial charge in [0.2, 0.25) is 5.91 Å². The molecule has 0 spiro atoms. The van der Waals surface area contributed by atoms with E-state index in [1.165, 1.54) is 12.1 Å². The molecule has 0 unspecified atom stereocenters. The van der Waals surface area contributed by atoms with Gasteiger partial charge in [-0.05, 0) is 43.1 Å². The Bertz CT molecular complexity index is 365. The highest BCUT2D eigenvalue weighted by Gasteiger charge is 1.99. The van der Waals surface area contributed by atoms with Gasteiger partial charge in [0.25, 0.3) is 0 Å². The van der Waals surface area contributed by atoms with Gasteiger partial charge >= 0.3 is 0 Å². The van der Waals surface area contributed by atoms with E-state index in [1.54, 1.807) is 0 Å². The Hall–Kier alpha value is -0.940. The molecule has 0 aliphatic rings. The Balaban J connectivity index is 2.20. The molecule has 3 nitrogen and oxygen atoms in total. The molecule has 94 valence electrons. The lowest BCUT2D eigenvalue weighted by Gasteiger charge is -2.05. The number of carbonyl (C=O) groups is 1. The molecular formula is C12H16BrFN2O. The molecule has 0 fully saturated rings. The normalized spacial score (nSPS) is 10.5. The molecule has 0 aliphatic carbocycles. The molecule has 0 radical (unpaired) electrons. The number of primary amides is 1. The van der Waals surface area contributed by atoms with Crippen LogP contribution in [-0.4, -0.2) is 12.5 Å². The third-order valence-electron chi connectivity index (χ3n) is 2.28. The van der Waals surface area contributed by atoms with Crippen molar-refractivity contribution in [3.63, 3.8) is 0 Å². The first-order chi connectivity index (χ1) is 8.08. The molecule has 1 aromatic rings. The number of nitrogens with two attached hydrogens (primary N) is 1. The Morgan fingerprint density at radius 2 is 2.12 bits per heavy atom. The highest BCUT2D eigenvalue weighted by molar-refractivity contribution is 9.10. The largest absolute Gasteiger partial charge is 0.370 e. The maximum atomic E-state index is 13.0. The molecule has 1 aromatic carbocycles.